The lowest BCUT2D eigenvalue weighted by molar-refractivity contribution is 0.663. The van der Waals surface area contributed by atoms with Gasteiger partial charge in [-0.25, -0.2) is 14.6 Å². The molecule has 8 nitrogen and oxygen atoms in total. The number of anilines is 1. The summed E-state index contributed by atoms with van der Waals surface area (Å²) in [6.45, 7) is 6.12. The Morgan fingerprint density at radius 1 is 0.968 bits per heavy atom. The van der Waals surface area contributed by atoms with Gasteiger partial charge in [-0.1, -0.05) is 18.2 Å². The van der Waals surface area contributed by atoms with Crippen LogP contribution in [-0.2, 0) is 6.54 Å². The second kappa shape index (κ2) is 7.02. The van der Waals surface area contributed by atoms with E-state index in [9.17, 15) is 4.79 Å². The molecular formula is C23H21N7O. The smallest absolute Gasteiger partial charge is 0.265 e. The minimum absolute atomic E-state index is 0.102. The maximum absolute atomic E-state index is 13.7. The second-order valence-corrected chi connectivity index (χ2v) is 7.65. The van der Waals surface area contributed by atoms with Crippen LogP contribution in [0.3, 0.4) is 0 Å². The Labute approximate surface area is 178 Å². The Morgan fingerprint density at radius 3 is 2.58 bits per heavy atom. The molecular weight excluding hydrogens is 390 g/mol. The maximum atomic E-state index is 13.7. The van der Waals surface area contributed by atoms with Gasteiger partial charge >= 0.3 is 0 Å². The van der Waals surface area contributed by atoms with Gasteiger partial charge in [0.25, 0.3) is 5.56 Å². The zero-order valence-electron chi connectivity index (χ0n) is 17.5. The fourth-order valence-corrected chi connectivity index (χ4v) is 4.10. The molecule has 2 N–H and O–H groups in total. The Hall–Kier alpha value is -4.07. The number of aryl methyl sites for hydroxylation is 3. The summed E-state index contributed by atoms with van der Waals surface area (Å²) in [4.78, 5) is 26.6. The SMILES string of the molecule is Cc1ccccc1-n1c(Cn2nc(C)c3c(N)ncnc32)cc2nccc(C)c2c1=O. The van der Waals surface area contributed by atoms with Gasteiger partial charge in [-0.05, 0) is 50.1 Å². The quantitative estimate of drug-likeness (QED) is 0.489. The largest absolute Gasteiger partial charge is 0.383 e. The number of pyridine rings is 2. The highest BCUT2D eigenvalue weighted by Crippen LogP contribution is 2.24. The normalized spacial score (nSPS) is 11.5. The van der Waals surface area contributed by atoms with Crippen molar-refractivity contribution < 1.29 is 0 Å². The van der Waals surface area contributed by atoms with Gasteiger partial charge in [-0.2, -0.15) is 5.10 Å². The highest BCUT2D eigenvalue weighted by molar-refractivity contribution is 5.88. The summed E-state index contributed by atoms with van der Waals surface area (Å²) in [5.74, 6) is 0.390. The third-order valence-electron chi connectivity index (χ3n) is 5.60. The number of rotatable bonds is 3. The first kappa shape index (κ1) is 18.9. The van der Waals surface area contributed by atoms with E-state index in [4.69, 9.17) is 5.73 Å². The van der Waals surface area contributed by atoms with E-state index in [1.807, 2.05) is 57.2 Å². The molecule has 0 aliphatic carbocycles. The first-order valence-corrected chi connectivity index (χ1v) is 9.95. The van der Waals surface area contributed by atoms with Crippen molar-refractivity contribution in [3.63, 3.8) is 0 Å². The summed E-state index contributed by atoms with van der Waals surface area (Å²) < 4.78 is 3.51. The van der Waals surface area contributed by atoms with E-state index in [1.54, 1.807) is 15.4 Å². The summed E-state index contributed by atoms with van der Waals surface area (Å²) >= 11 is 0. The summed E-state index contributed by atoms with van der Waals surface area (Å²) in [6.07, 6.45) is 3.15. The van der Waals surface area contributed by atoms with Crippen molar-refractivity contribution in [1.29, 1.82) is 0 Å². The van der Waals surface area contributed by atoms with Crippen molar-refractivity contribution in [3.05, 3.63) is 81.8 Å². The summed E-state index contributed by atoms with van der Waals surface area (Å²) in [5.41, 5.74) is 11.5. The van der Waals surface area contributed by atoms with Crippen LogP contribution in [0, 0.1) is 20.8 Å². The van der Waals surface area contributed by atoms with Gasteiger partial charge in [0, 0.05) is 6.20 Å². The Morgan fingerprint density at radius 2 is 1.77 bits per heavy atom. The molecule has 1 aromatic carbocycles. The Kier molecular flexibility index (Phi) is 4.28. The van der Waals surface area contributed by atoms with Crippen LogP contribution in [0.5, 0.6) is 0 Å². The van der Waals surface area contributed by atoms with E-state index in [1.165, 1.54) is 6.33 Å². The molecule has 4 aromatic heterocycles. The number of nitrogen functional groups attached to an aromatic ring is 1. The molecule has 154 valence electrons. The molecule has 0 fully saturated rings. The zero-order valence-corrected chi connectivity index (χ0v) is 17.5. The minimum atomic E-state index is -0.102. The third-order valence-corrected chi connectivity index (χ3v) is 5.60. The number of fused-ring (bicyclic) bond motifs is 2. The highest BCUT2D eigenvalue weighted by atomic mass is 16.1. The first-order valence-electron chi connectivity index (χ1n) is 9.95. The number of para-hydroxylation sites is 1. The van der Waals surface area contributed by atoms with Crippen LogP contribution in [0.1, 0.15) is 22.5 Å². The van der Waals surface area contributed by atoms with E-state index in [0.717, 1.165) is 33.6 Å². The van der Waals surface area contributed by atoms with Gasteiger partial charge < -0.3 is 5.73 Å². The number of nitrogens with zero attached hydrogens (tertiary/aromatic N) is 6. The number of hydrogen-bond acceptors (Lipinski definition) is 6. The van der Waals surface area contributed by atoms with Crippen LogP contribution in [0.4, 0.5) is 5.82 Å². The number of benzene rings is 1. The summed E-state index contributed by atoms with van der Waals surface area (Å²) in [7, 11) is 0. The molecule has 8 heteroatoms. The summed E-state index contributed by atoms with van der Waals surface area (Å²) in [5, 5.41) is 5.97. The first-order chi connectivity index (χ1) is 15.0. The van der Waals surface area contributed by atoms with Crippen molar-refractivity contribution in [2.45, 2.75) is 27.3 Å². The molecule has 0 atom stereocenters. The fourth-order valence-electron chi connectivity index (χ4n) is 4.10. The van der Waals surface area contributed by atoms with Crippen LogP contribution in [0.15, 0.2) is 53.7 Å². The average molecular weight is 411 g/mol. The molecule has 31 heavy (non-hydrogen) atoms. The van der Waals surface area contributed by atoms with Crippen molar-refractivity contribution in [2.24, 2.45) is 0 Å². The van der Waals surface area contributed by atoms with E-state index in [-0.39, 0.29) is 5.56 Å². The van der Waals surface area contributed by atoms with Gasteiger partial charge in [0.05, 0.1) is 39.9 Å². The predicted molar refractivity (Wildman–Crippen MR) is 120 cm³/mol. The lowest BCUT2D eigenvalue weighted by atomic mass is 10.1. The van der Waals surface area contributed by atoms with E-state index in [0.29, 0.717) is 28.9 Å². The van der Waals surface area contributed by atoms with Crippen LogP contribution >= 0.6 is 0 Å². The van der Waals surface area contributed by atoms with Gasteiger partial charge in [0.2, 0.25) is 0 Å². The van der Waals surface area contributed by atoms with Gasteiger partial charge in [0.15, 0.2) is 5.65 Å². The molecule has 0 amide bonds. The molecule has 0 saturated carbocycles. The van der Waals surface area contributed by atoms with Crippen molar-refractivity contribution in [2.75, 3.05) is 5.73 Å². The molecule has 0 radical (unpaired) electrons. The van der Waals surface area contributed by atoms with Crippen LogP contribution < -0.4 is 11.3 Å². The topological polar surface area (TPSA) is 105 Å². The molecule has 0 bridgehead atoms. The maximum Gasteiger partial charge on any atom is 0.265 e. The molecule has 5 aromatic rings. The molecule has 0 aliphatic rings. The number of aromatic nitrogens is 6. The lowest BCUT2D eigenvalue weighted by Gasteiger charge is -2.17. The van der Waals surface area contributed by atoms with E-state index >= 15 is 0 Å². The fraction of sp³-hybridized carbons (Fsp3) is 0.174. The Balaban J connectivity index is 1.82. The van der Waals surface area contributed by atoms with Crippen LogP contribution in [-0.4, -0.2) is 29.3 Å². The van der Waals surface area contributed by atoms with Crippen molar-refractivity contribution >= 4 is 27.8 Å². The van der Waals surface area contributed by atoms with E-state index < -0.39 is 0 Å². The standard InChI is InChI=1S/C23H21N7O/c1-13-6-4-5-7-18(13)30-16(10-17-19(23(30)31)14(2)8-9-25-17)11-29-22-20(15(3)28-29)21(24)26-12-27-22/h4-10,12H,11H2,1-3H3,(H2,24,26,27). The predicted octanol–water partition coefficient (Wildman–Crippen LogP) is 3.08. The third kappa shape index (κ3) is 2.95. The van der Waals surface area contributed by atoms with Crippen LogP contribution in [0.25, 0.3) is 27.6 Å². The highest BCUT2D eigenvalue weighted by Gasteiger charge is 2.18. The second-order valence-electron chi connectivity index (χ2n) is 7.65. The van der Waals surface area contributed by atoms with Gasteiger partial charge in [-0.3, -0.25) is 14.3 Å². The molecule has 0 saturated heterocycles. The van der Waals surface area contributed by atoms with Gasteiger partial charge in [-0.15, -0.1) is 0 Å². The summed E-state index contributed by atoms with van der Waals surface area (Å²) in [6, 6.07) is 11.6. The zero-order chi connectivity index (χ0) is 21.7. The van der Waals surface area contributed by atoms with Crippen LogP contribution in [0.2, 0.25) is 0 Å². The average Bonchev–Trinajstić information content (AvgIpc) is 3.05. The van der Waals surface area contributed by atoms with Crippen molar-refractivity contribution in [1.82, 2.24) is 29.3 Å². The van der Waals surface area contributed by atoms with Gasteiger partial charge in [0.1, 0.15) is 12.1 Å². The monoisotopic (exact) mass is 411 g/mol. The molecule has 0 aliphatic heterocycles. The molecule has 0 unspecified atom stereocenters. The molecule has 0 spiro atoms. The number of nitrogens with two attached hydrogens (primary N) is 1. The Bertz CT molecular complexity index is 1530. The minimum Gasteiger partial charge on any atom is -0.383 e. The van der Waals surface area contributed by atoms with Crippen molar-refractivity contribution in [3.8, 4) is 5.69 Å². The number of hydrogen-bond donors (Lipinski definition) is 1. The van der Waals surface area contributed by atoms with E-state index in [2.05, 4.69) is 20.1 Å². The lowest BCUT2D eigenvalue weighted by Crippen LogP contribution is -2.25. The molecule has 5 rings (SSSR count). The molecule has 4 heterocycles.